The fourth-order valence-electron chi connectivity index (χ4n) is 2.32. The fourth-order valence-corrected chi connectivity index (χ4v) is 2.32. The molecule has 1 aliphatic heterocycles. The summed E-state index contributed by atoms with van der Waals surface area (Å²) in [5.41, 5.74) is 1.32. The van der Waals surface area contributed by atoms with Gasteiger partial charge in [-0.25, -0.2) is 0 Å². The van der Waals surface area contributed by atoms with E-state index in [9.17, 15) is 0 Å². The van der Waals surface area contributed by atoms with Crippen molar-refractivity contribution in [3.63, 3.8) is 0 Å². The van der Waals surface area contributed by atoms with E-state index in [4.69, 9.17) is 10.00 Å². The molecule has 0 saturated carbocycles. The van der Waals surface area contributed by atoms with Gasteiger partial charge in [0.1, 0.15) is 5.41 Å². The summed E-state index contributed by atoms with van der Waals surface area (Å²) in [5.74, 6) is 7.01. The zero-order chi connectivity index (χ0) is 15.5. The molecule has 0 saturated heterocycles. The summed E-state index contributed by atoms with van der Waals surface area (Å²) >= 11 is 0. The Hall–Kier alpha value is -2.13. The molecule has 0 unspecified atom stereocenters. The van der Waals surface area contributed by atoms with Crippen molar-refractivity contribution < 1.29 is 4.74 Å². The second-order valence-electron chi connectivity index (χ2n) is 6.13. The number of anilines is 1. The number of fused-ring (bicyclic) bond motifs is 1. The van der Waals surface area contributed by atoms with Crippen molar-refractivity contribution in [2.45, 2.75) is 40.2 Å². The minimum Gasteiger partial charge on any atom is -0.490 e. The van der Waals surface area contributed by atoms with Gasteiger partial charge in [-0.05, 0) is 46.2 Å². The number of ether oxygens (including phenoxy) is 1. The first-order chi connectivity index (χ1) is 9.94. The third-order valence-electron chi connectivity index (χ3n) is 3.51. The lowest BCUT2D eigenvalue weighted by Crippen LogP contribution is -2.31. The number of nitriles is 1. The maximum absolute atomic E-state index is 9.08. The van der Waals surface area contributed by atoms with Gasteiger partial charge >= 0.3 is 0 Å². The highest BCUT2D eigenvalue weighted by molar-refractivity contribution is 5.66. The van der Waals surface area contributed by atoms with Crippen LogP contribution in [-0.2, 0) is 0 Å². The Morgan fingerprint density at radius 3 is 2.76 bits per heavy atom. The Balaban J connectivity index is 2.47. The van der Waals surface area contributed by atoms with E-state index in [-0.39, 0.29) is 0 Å². The minimum atomic E-state index is -0.648. The quantitative estimate of drug-likeness (QED) is 0.739. The molecule has 0 spiro atoms. The van der Waals surface area contributed by atoms with Crippen molar-refractivity contribution in [3.05, 3.63) is 23.8 Å². The van der Waals surface area contributed by atoms with Gasteiger partial charge in [-0.15, -0.1) is 0 Å². The molecule has 3 nitrogen and oxygen atoms in total. The first-order valence-corrected chi connectivity index (χ1v) is 7.41. The van der Waals surface area contributed by atoms with Crippen LogP contribution in [0, 0.1) is 28.6 Å². The normalized spacial score (nSPS) is 14.4. The highest BCUT2D eigenvalue weighted by Crippen LogP contribution is 2.35. The number of para-hydroxylation sites is 1. The van der Waals surface area contributed by atoms with E-state index in [2.05, 4.69) is 42.7 Å². The molecule has 0 N–H and O–H groups in total. The van der Waals surface area contributed by atoms with Gasteiger partial charge in [-0.2, -0.15) is 5.26 Å². The summed E-state index contributed by atoms with van der Waals surface area (Å²) in [4.78, 5) is 2.35. The molecule has 1 heterocycles. The number of hydrogen-bond acceptors (Lipinski definition) is 3. The third-order valence-corrected chi connectivity index (χ3v) is 3.51. The van der Waals surface area contributed by atoms with Crippen LogP contribution in [-0.4, -0.2) is 19.2 Å². The Bertz CT molecular complexity index is 614. The Morgan fingerprint density at radius 1 is 1.33 bits per heavy atom. The maximum atomic E-state index is 9.08. The van der Waals surface area contributed by atoms with Gasteiger partial charge in [-0.1, -0.05) is 17.9 Å². The molecule has 0 fully saturated rings. The lowest BCUT2D eigenvalue weighted by molar-refractivity contribution is 0.321. The van der Waals surface area contributed by atoms with E-state index in [0.29, 0.717) is 12.6 Å². The van der Waals surface area contributed by atoms with Gasteiger partial charge in [0.15, 0.2) is 5.75 Å². The van der Waals surface area contributed by atoms with Gasteiger partial charge in [0, 0.05) is 12.6 Å². The van der Waals surface area contributed by atoms with Crippen LogP contribution in [0.25, 0.3) is 0 Å². The molecule has 21 heavy (non-hydrogen) atoms. The molecule has 1 aromatic carbocycles. The first kappa shape index (κ1) is 15.3. The Kier molecular flexibility index (Phi) is 4.43. The van der Waals surface area contributed by atoms with Gasteiger partial charge in [-0.3, -0.25) is 0 Å². The minimum absolute atomic E-state index is 0.421. The number of hydrogen-bond donors (Lipinski definition) is 0. The van der Waals surface area contributed by atoms with Crippen molar-refractivity contribution >= 4 is 5.69 Å². The average Bonchev–Trinajstić information content (AvgIpc) is 2.67. The highest BCUT2D eigenvalue weighted by atomic mass is 16.5. The summed E-state index contributed by atoms with van der Waals surface area (Å²) in [6, 6.07) is 8.68. The van der Waals surface area contributed by atoms with Crippen molar-refractivity contribution in [1.29, 1.82) is 5.26 Å². The third kappa shape index (κ3) is 3.50. The zero-order valence-corrected chi connectivity index (χ0v) is 13.2. The lowest BCUT2D eigenvalue weighted by Gasteiger charge is -2.28. The van der Waals surface area contributed by atoms with Crippen LogP contribution >= 0.6 is 0 Å². The van der Waals surface area contributed by atoms with Crippen LogP contribution in [0.4, 0.5) is 5.69 Å². The Morgan fingerprint density at radius 2 is 2.10 bits per heavy atom. The summed E-state index contributed by atoms with van der Waals surface area (Å²) in [7, 11) is 0. The summed E-state index contributed by atoms with van der Waals surface area (Å²) < 4.78 is 5.93. The number of rotatable bonds is 1. The van der Waals surface area contributed by atoms with Gasteiger partial charge < -0.3 is 9.64 Å². The van der Waals surface area contributed by atoms with Crippen molar-refractivity contribution in [3.8, 4) is 23.7 Å². The molecule has 1 aromatic rings. The Labute approximate surface area is 127 Å². The molecule has 0 bridgehead atoms. The van der Waals surface area contributed by atoms with E-state index in [1.165, 1.54) is 0 Å². The molecule has 1 aliphatic rings. The molecule has 0 amide bonds. The van der Waals surface area contributed by atoms with Crippen LogP contribution in [0.2, 0.25) is 0 Å². The van der Waals surface area contributed by atoms with E-state index in [1.54, 1.807) is 0 Å². The van der Waals surface area contributed by atoms with Gasteiger partial charge in [0.25, 0.3) is 0 Å². The molecule has 3 heteroatoms. The van der Waals surface area contributed by atoms with Crippen LogP contribution in [0.5, 0.6) is 5.75 Å². The summed E-state index contributed by atoms with van der Waals surface area (Å²) in [5, 5.41) is 9.08. The fraction of sp³-hybridized carbons (Fsp3) is 0.500. The molecular formula is C18H22N2O. The zero-order valence-electron chi connectivity index (χ0n) is 13.2. The van der Waals surface area contributed by atoms with Crippen LogP contribution < -0.4 is 9.64 Å². The van der Waals surface area contributed by atoms with Crippen LogP contribution in [0.1, 0.15) is 39.7 Å². The SMILES string of the molecule is CC(C)N1CCCOc2c(C#CC(C)(C)C#N)cccc21. The van der Waals surface area contributed by atoms with Crippen molar-refractivity contribution in [1.82, 2.24) is 0 Å². The molecule has 0 radical (unpaired) electrons. The molecule has 110 valence electrons. The topological polar surface area (TPSA) is 36.3 Å². The molecule has 0 aliphatic carbocycles. The van der Waals surface area contributed by atoms with Gasteiger partial charge in [0.2, 0.25) is 0 Å². The number of nitrogens with zero attached hydrogens (tertiary/aromatic N) is 2. The van der Waals surface area contributed by atoms with E-state index in [1.807, 2.05) is 26.0 Å². The van der Waals surface area contributed by atoms with Gasteiger partial charge in [0.05, 0.1) is 23.9 Å². The van der Waals surface area contributed by atoms with E-state index in [0.717, 1.165) is 30.0 Å². The summed E-state index contributed by atoms with van der Waals surface area (Å²) in [6.45, 7) is 9.71. The monoisotopic (exact) mass is 282 g/mol. The smallest absolute Gasteiger partial charge is 0.158 e. The molecule has 2 rings (SSSR count). The van der Waals surface area contributed by atoms with Crippen molar-refractivity contribution in [2.75, 3.05) is 18.1 Å². The summed E-state index contributed by atoms with van der Waals surface area (Å²) in [6.07, 6.45) is 1.00. The maximum Gasteiger partial charge on any atom is 0.158 e. The largest absolute Gasteiger partial charge is 0.490 e. The van der Waals surface area contributed by atoms with Crippen LogP contribution in [0.3, 0.4) is 0 Å². The van der Waals surface area contributed by atoms with Crippen LogP contribution in [0.15, 0.2) is 18.2 Å². The highest BCUT2D eigenvalue weighted by Gasteiger charge is 2.21. The van der Waals surface area contributed by atoms with E-state index >= 15 is 0 Å². The lowest BCUT2D eigenvalue weighted by atomic mass is 9.96. The second kappa shape index (κ2) is 6.10. The molecule has 0 atom stereocenters. The van der Waals surface area contributed by atoms with E-state index < -0.39 is 5.41 Å². The molecule has 0 aromatic heterocycles. The average molecular weight is 282 g/mol. The van der Waals surface area contributed by atoms with Crippen molar-refractivity contribution in [2.24, 2.45) is 5.41 Å². The molecular weight excluding hydrogens is 260 g/mol. The predicted octanol–water partition coefficient (Wildman–Crippen LogP) is 3.59. The second-order valence-corrected chi connectivity index (χ2v) is 6.13. The first-order valence-electron chi connectivity index (χ1n) is 7.41. The standard InChI is InChI=1S/C18H22N2O/c1-14(2)20-11-6-12-21-17-15(7-5-8-16(17)20)9-10-18(3,4)13-19/h5,7-8,14H,6,11-12H2,1-4H3. The predicted molar refractivity (Wildman–Crippen MR) is 85.3 cm³/mol. The number of benzene rings is 1.